The number of rotatable bonds is 3. The molecule has 0 bridgehead atoms. The molecule has 2 heterocycles. The van der Waals surface area contributed by atoms with Crippen LogP contribution in [0.4, 0.5) is 0 Å². The van der Waals surface area contributed by atoms with Crippen LogP contribution in [0.25, 0.3) is 0 Å². The highest BCUT2D eigenvalue weighted by Gasteiger charge is 2.18. The SMILES string of the molecule is O=C(CC1CCCNC1)c1ccc(Cl)s1. The Hall–Kier alpha value is -0.380. The minimum Gasteiger partial charge on any atom is -0.316 e. The van der Waals surface area contributed by atoms with Crippen molar-refractivity contribution in [3.05, 3.63) is 21.3 Å². The van der Waals surface area contributed by atoms with Gasteiger partial charge in [-0.1, -0.05) is 11.6 Å². The average molecular weight is 244 g/mol. The fourth-order valence-corrected chi connectivity index (χ4v) is 2.92. The van der Waals surface area contributed by atoms with Crippen LogP contribution in [0.3, 0.4) is 0 Å². The first-order valence-corrected chi connectivity index (χ1v) is 6.44. The highest BCUT2D eigenvalue weighted by molar-refractivity contribution is 7.18. The maximum Gasteiger partial charge on any atom is 0.173 e. The van der Waals surface area contributed by atoms with E-state index in [4.69, 9.17) is 11.6 Å². The Labute approximate surface area is 98.6 Å². The van der Waals surface area contributed by atoms with Gasteiger partial charge in [0.05, 0.1) is 9.21 Å². The van der Waals surface area contributed by atoms with Gasteiger partial charge in [-0.2, -0.15) is 0 Å². The topological polar surface area (TPSA) is 29.1 Å². The summed E-state index contributed by atoms with van der Waals surface area (Å²) in [6.07, 6.45) is 3.00. The number of ketones is 1. The van der Waals surface area contributed by atoms with Crippen LogP contribution < -0.4 is 5.32 Å². The van der Waals surface area contributed by atoms with Crippen molar-refractivity contribution < 1.29 is 4.79 Å². The van der Waals surface area contributed by atoms with Crippen LogP contribution in [0, 0.1) is 5.92 Å². The van der Waals surface area contributed by atoms with Crippen molar-refractivity contribution in [3.8, 4) is 0 Å². The third-order valence-electron chi connectivity index (χ3n) is 2.72. The molecule has 1 fully saturated rings. The van der Waals surface area contributed by atoms with Gasteiger partial charge in [-0.25, -0.2) is 0 Å². The molecule has 1 atom stereocenters. The zero-order chi connectivity index (χ0) is 10.7. The first-order valence-electron chi connectivity index (χ1n) is 5.25. The molecule has 1 aliphatic rings. The third kappa shape index (κ3) is 3.03. The molecule has 2 rings (SSSR count). The van der Waals surface area contributed by atoms with Crippen molar-refractivity contribution in [1.29, 1.82) is 0 Å². The summed E-state index contributed by atoms with van der Waals surface area (Å²) in [4.78, 5) is 12.6. The van der Waals surface area contributed by atoms with Crippen LogP contribution in [0.5, 0.6) is 0 Å². The maximum atomic E-state index is 11.9. The molecule has 0 radical (unpaired) electrons. The summed E-state index contributed by atoms with van der Waals surface area (Å²) in [6.45, 7) is 2.07. The standard InChI is InChI=1S/C11H14ClNOS/c12-11-4-3-10(15-11)9(14)6-8-2-1-5-13-7-8/h3-4,8,13H,1-2,5-7H2. The Morgan fingerprint density at radius 2 is 2.47 bits per heavy atom. The number of carbonyl (C=O) groups is 1. The van der Waals surface area contributed by atoms with Gasteiger partial charge in [0.1, 0.15) is 0 Å². The number of piperidine rings is 1. The Kier molecular flexibility index (Phi) is 3.78. The van der Waals surface area contributed by atoms with Gasteiger partial charge >= 0.3 is 0 Å². The first-order chi connectivity index (χ1) is 7.25. The van der Waals surface area contributed by atoms with Gasteiger partial charge in [-0.3, -0.25) is 4.79 Å². The van der Waals surface area contributed by atoms with E-state index in [1.54, 1.807) is 6.07 Å². The molecule has 0 spiro atoms. The smallest absolute Gasteiger partial charge is 0.173 e. The van der Waals surface area contributed by atoms with Gasteiger partial charge in [0.15, 0.2) is 5.78 Å². The Morgan fingerprint density at radius 1 is 1.60 bits per heavy atom. The Morgan fingerprint density at radius 3 is 3.07 bits per heavy atom. The zero-order valence-corrected chi connectivity index (χ0v) is 10.0. The zero-order valence-electron chi connectivity index (χ0n) is 8.46. The number of Topliss-reactive ketones (excluding diaryl/α,β-unsaturated/α-hetero) is 1. The molecule has 0 amide bonds. The fourth-order valence-electron chi connectivity index (χ4n) is 1.93. The molecule has 0 aliphatic carbocycles. The summed E-state index contributed by atoms with van der Waals surface area (Å²) >= 11 is 7.18. The number of carbonyl (C=O) groups excluding carboxylic acids is 1. The Bertz CT molecular complexity index is 344. The molecule has 1 aromatic rings. The second kappa shape index (κ2) is 5.10. The number of thiophene rings is 1. The summed E-state index contributed by atoms with van der Waals surface area (Å²) in [5.41, 5.74) is 0. The van der Waals surface area contributed by atoms with Crippen molar-refractivity contribution in [3.63, 3.8) is 0 Å². The summed E-state index contributed by atoms with van der Waals surface area (Å²) in [6, 6.07) is 3.62. The van der Waals surface area contributed by atoms with Crippen molar-refractivity contribution in [2.75, 3.05) is 13.1 Å². The van der Waals surface area contributed by atoms with E-state index in [0.29, 0.717) is 16.7 Å². The molecule has 82 valence electrons. The molecule has 1 unspecified atom stereocenters. The lowest BCUT2D eigenvalue weighted by Gasteiger charge is -2.21. The molecular weight excluding hydrogens is 230 g/mol. The van der Waals surface area contributed by atoms with E-state index in [9.17, 15) is 4.79 Å². The minimum absolute atomic E-state index is 0.237. The number of hydrogen-bond acceptors (Lipinski definition) is 3. The van der Waals surface area contributed by atoms with Gasteiger partial charge in [0, 0.05) is 6.42 Å². The largest absolute Gasteiger partial charge is 0.316 e. The quantitative estimate of drug-likeness (QED) is 0.827. The lowest BCUT2D eigenvalue weighted by Crippen LogP contribution is -2.30. The van der Waals surface area contributed by atoms with Crippen LogP contribution in [-0.4, -0.2) is 18.9 Å². The molecular formula is C11H14ClNOS. The van der Waals surface area contributed by atoms with Crippen molar-refractivity contribution in [1.82, 2.24) is 5.32 Å². The molecule has 0 aromatic carbocycles. The van der Waals surface area contributed by atoms with Gasteiger partial charge in [0.25, 0.3) is 0 Å². The second-order valence-corrected chi connectivity index (χ2v) is 5.66. The van der Waals surface area contributed by atoms with E-state index < -0.39 is 0 Å². The van der Waals surface area contributed by atoms with Crippen LogP contribution in [0.15, 0.2) is 12.1 Å². The molecule has 4 heteroatoms. The number of halogens is 1. The lowest BCUT2D eigenvalue weighted by molar-refractivity contribution is 0.0958. The molecule has 2 nitrogen and oxygen atoms in total. The molecule has 15 heavy (non-hydrogen) atoms. The van der Waals surface area contributed by atoms with E-state index in [1.807, 2.05) is 6.07 Å². The maximum absolute atomic E-state index is 11.9. The van der Waals surface area contributed by atoms with Crippen LogP contribution >= 0.6 is 22.9 Å². The summed E-state index contributed by atoms with van der Waals surface area (Å²) in [7, 11) is 0. The van der Waals surface area contributed by atoms with Crippen LogP contribution in [-0.2, 0) is 0 Å². The van der Waals surface area contributed by atoms with Gasteiger partial charge < -0.3 is 5.32 Å². The van der Waals surface area contributed by atoms with E-state index in [-0.39, 0.29) is 5.78 Å². The highest BCUT2D eigenvalue weighted by Crippen LogP contribution is 2.25. The van der Waals surface area contributed by atoms with E-state index >= 15 is 0 Å². The number of hydrogen-bond donors (Lipinski definition) is 1. The first kappa shape index (κ1) is 11.1. The number of nitrogens with one attached hydrogen (secondary N) is 1. The summed E-state index contributed by atoms with van der Waals surface area (Å²) in [5, 5.41) is 3.32. The van der Waals surface area contributed by atoms with Gasteiger partial charge in [0.2, 0.25) is 0 Å². The predicted molar refractivity (Wildman–Crippen MR) is 63.9 cm³/mol. The fraction of sp³-hybridized carbons (Fsp3) is 0.545. The van der Waals surface area contributed by atoms with E-state index in [2.05, 4.69) is 5.32 Å². The van der Waals surface area contributed by atoms with Crippen molar-refractivity contribution in [2.45, 2.75) is 19.3 Å². The minimum atomic E-state index is 0.237. The molecule has 0 saturated carbocycles. The third-order valence-corrected chi connectivity index (χ3v) is 3.99. The van der Waals surface area contributed by atoms with Crippen molar-refractivity contribution >= 4 is 28.7 Å². The summed E-state index contributed by atoms with van der Waals surface area (Å²) in [5.74, 6) is 0.743. The molecule has 1 saturated heterocycles. The molecule has 1 N–H and O–H groups in total. The lowest BCUT2D eigenvalue weighted by atomic mass is 9.94. The molecule has 1 aliphatic heterocycles. The normalized spacial score (nSPS) is 21.5. The van der Waals surface area contributed by atoms with Gasteiger partial charge in [-0.15, -0.1) is 11.3 Å². The van der Waals surface area contributed by atoms with Crippen LogP contribution in [0.1, 0.15) is 28.9 Å². The van der Waals surface area contributed by atoms with Gasteiger partial charge in [-0.05, 0) is 44.0 Å². The monoisotopic (exact) mass is 243 g/mol. The second-order valence-electron chi connectivity index (χ2n) is 3.94. The van der Waals surface area contributed by atoms with Crippen LogP contribution in [0.2, 0.25) is 4.34 Å². The van der Waals surface area contributed by atoms with E-state index in [0.717, 1.165) is 24.4 Å². The molecule has 1 aromatic heterocycles. The van der Waals surface area contributed by atoms with E-state index in [1.165, 1.54) is 17.8 Å². The highest BCUT2D eigenvalue weighted by atomic mass is 35.5. The predicted octanol–water partition coefficient (Wildman–Crippen LogP) is 2.97. The average Bonchev–Trinajstić information content (AvgIpc) is 2.66. The Balaban J connectivity index is 1.91. The van der Waals surface area contributed by atoms with Crippen molar-refractivity contribution in [2.24, 2.45) is 5.92 Å². The summed E-state index contributed by atoms with van der Waals surface area (Å²) < 4.78 is 0.695.